The van der Waals surface area contributed by atoms with Crippen molar-refractivity contribution in [1.82, 2.24) is 14.5 Å². The summed E-state index contributed by atoms with van der Waals surface area (Å²) in [7, 11) is 0. The predicted molar refractivity (Wildman–Crippen MR) is 137 cm³/mol. The maximum Gasteiger partial charge on any atom is 0.411 e. The van der Waals surface area contributed by atoms with E-state index < -0.39 is 23.3 Å². The Bertz CT molecular complexity index is 1440. The van der Waals surface area contributed by atoms with Crippen LogP contribution in [0.15, 0.2) is 79.1 Å². The first-order valence-electron chi connectivity index (χ1n) is 12.3. The molecule has 3 aromatic carbocycles. The Kier molecular flexibility index (Phi) is 6.84. The SMILES string of the molecule is C[C@@H](c1ccc(-c2ccc(F)cc2F)cc1)N1CCC(CCn2ccnc2N)(c2ccc(F)cc2)OC1=O. The molecule has 6 nitrogen and oxygen atoms in total. The number of halogens is 3. The normalized spacial score (nSPS) is 18.3. The van der Waals surface area contributed by atoms with Gasteiger partial charge < -0.3 is 19.9 Å². The van der Waals surface area contributed by atoms with Gasteiger partial charge in [0.15, 0.2) is 5.95 Å². The average Bonchev–Trinajstić information content (AvgIpc) is 3.32. The van der Waals surface area contributed by atoms with Crippen molar-refractivity contribution in [2.75, 3.05) is 12.3 Å². The number of nitrogen functional groups attached to an aromatic ring is 1. The van der Waals surface area contributed by atoms with Crippen LogP contribution in [0.3, 0.4) is 0 Å². The first kappa shape index (κ1) is 25.4. The van der Waals surface area contributed by atoms with Crippen molar-refractivity contribution in [3.05, 3.63) is 108 Å². The van der Waals surface area contributed by atoms with Crippen LogP contribution in [-0.4, -0.2) is 27.1 Å². The molecular formula is C29H27F3N4O2. The standard InChI is InChI=1S/C29H27F3N4O2/c1-19(20-2-4-21(5-3-20)25-11-10-24(31)18-26(25)32)36-16-13-29(38-28(36)37,22-6-8-23(30)9-7-22)12-15-35-17-14-34-27(35)33/h2-11,14,17-19H,12-13,15-16H2,1H3,(H2,33,34)/t19-,29?/m0/s1. The quantitative estimate of drug-likeness (QED) is 0.304. The molecule has 9 heteroatoms. The molecule has 196 valence electrons. The van der Waals surface area contributed by atoms with Gasteiger partial charge in [-0.2, -0.15) is 0 Å². The second-order valence-electron chi connectivity index (χ2n) is 9.46. The number of carbonyl (C=O) groups excluding carboxylic acids is 1. The van der Waals surface area contributed by atoms with E-state index in [9.17, 15) is 18.0 Å². The number of amides is 1. The fourth-order valence-corrected chi connectivity index (χ4v) is 4.97. The molecule has 5 rings (SSSR count). The number of hydrogen-bond acceptors (Lipinski definition) is 4. The Morgan fingerprint density at radius 3 is 2.37 bits per heavy atom. The van der Waals surface area contributed by atoms with E-state index in [1.165, 1.54) is 24.3 Å². The summed E-state index contributed by atoms with van der Waals surface area (Å²) < 4.78 is 49.0. The molecule has 1 amide bonds. The second kappa shape index (κ2) is 10.2. The average molecular weight is 521 g/mol. The zero-order valence-corrected chi connectivity index (χ0v) is 20.8. The number of carbonyl (C=O) groups is 1. The maximum atomic E-state index is 14.2. The molecule has 1 aliphatic heterocycles. The molecule has 0 spiro atoms. The van der Waals surface area contributed by atoms with Gasteiger partial charge in [-0.15, -0.1) is 0 Å². The Morgan fingerprint density at radius 1 is 1.03 bits per heavy atom. The van der Waals surface area contributed by atoms with Gasteiger partial charge in [0.2, 0.25) is 0 Å². The lowest BCUT2D eigenvalue weighted by Gasteiger charge is -2.43. The third-order valence-electron chi connectivity index (χ3n) is 7.25. The minimum Gasteiger partial charge on any atom is -0.438 e. The molecule has 2 N–H and O–H groups in total. The van der Waals surface area contributed by atoms with Crippen molar-refractivity contribution in [3.63, 3.8) is 0 Å². The molecule has 0 aliphatic carbocycles. The topological polar surface area (TPSA) is 73.4 Å². The van der Waals surface area contributed by atoms with Crippen LogP contribution in [0.2, 0.25) is 0 Å². The summed E-state index contributed by atoms with van der Waals surface area (Å²) >= 11 is 0. The number of rotatable bonds is 7. The summed E-state index contributed by atoms with van der Waals surface area (Å²) in [6.45, 7) is 2.77. The molecule has 4 aromatic rings. The molecule has 1 aromatic heterocycles. The minimum atomic E-state index is -0.957. The number of nitrogens with two attached hydrogens (primary N) is 1. The van der Waals surface area contributed by atoms with Crippen LogP contribution in [0.1, 0.15) is 36.9 Å². The number of hydrogen-bond donors (Lipinski definition) is 1. The smallest absolute Gasteiger partial charge is 0.411 e. The third kappa shape index (κ3) is 4.96. The molecule has 1 saturated heterocycles. The number of aryl methyl sites for hydroxylation is 1. The summed E-state index contributed by atoms with van der Waals surface area (Å²) in [5, 5.41) is 0. The highest BCUT2D eigenvalue weighted by atomic mass is 19.1. The summed E-state index contributed by atoms with van der Waals surface area (Å²) in [5.41, 5.74) is 7.42. The highest BCUT2D eigenvalue weighted by molar-refractivity contribution is 5.70. The first-order chi connectivity index (χ1) is 18.3. The Hall–Kier alpha value is -4.27. The van der Waals surface area contributed by atoms with E-state index in [4.69, 9.17) is 10.5 Å². The van der Waals surface area contributed by atoms with Gasteiger partial charge in [0, 0.05) is 50.0 Å². The van der Waals surface area contributed by atoms with E-state index >= 15 is 0 Å². The second-order valence-corrected chi connectivity index (χ2v) is 9.46. The van der Waals surface area contributed by atoms with E-state index in [1.807, 2.05) is 19.1 Å². The third-order valence-corrected chi connectivity index (χ3v) is 7.25. The molecule has 0 saturated carbocycles. The minimum absolute atomic E-state index is 0.297. The van der Waals surface area contributed by atoms with Crippen LogP contribution in [0.5, 0.6) is 0 Å². The molecule has 2 heterocycles. The van der Waals surface area contributed by atoms with Crippen LogP contribution in [0.25, 0.3) is 11.1 Å². The van der Waals surface area contributed by atoms with E-state index in [1.54, 1.807) is 46.1 Å². The lowest BCUT2D eigenvalue weighted by Crippen LogP contribution is -2.49. The Balaban J connectivity index is 1.35. The highest BCUT2D eigenvalue weighted by Crippen LogP contribution is 2.40. The Labute approximate surface area is 218 Å². The van der Waals surface area contributed by atoms with Crippen LogP contribution in [0, 0.1) is 17.5 Å². The summed E-state index contributed by atoms with van der Waals surface area (Å²) in [6, 6.07) is 16.3. The van der Waals surface area contributed by atoms with Gasteiger partial charge in [-0.05, 0) is 47.9 Å². The number of benzene rings is 3. The first-order valence-corrected chi connectivity index (χ1v) is 12.3. The van der Waals surface area contributed by atoms with Gasteiger partial charge in [-0.25, -0.2) is 22.9 Å². The molecule has 38 heavy (non-hydrogen) atoms. The van der Waals surface area contributed by atoms with Crippen LogP contribution >= 0.6 is 0 Å². The van der Waals surface area contributed by atoms with E-state index in [0.29, 0.717) is 48.6 Å². The molecule has 0 radical (unpaired) electrons. The Morgan fingerprint density at radius 2 is 1.74 bits per heavy atom. The number of imidazole rings is 1. The van der Waals surface area contributed by atoms with Crippen LogP contribution in [-0.2, 0) is 16.9 Å². The van der Waals surface area contributed by atoms with Crippen molar-refractivity contribution in [2.24, 2.45) is 0 Å². The summed E-state index contributed by atoms with van der Waals surface area (Å²) in [5.74, 6) is -1.28. The zero-order valence-electron chi connectivity index (χ0n) is 20.8. The van der Waals surface area contributed by atoms with E-state index in [0.717, 1.165) is 11.6 Å². The molecular weight excluding hydrogens is 493 g/mol. The molecule has 1 unspecified atom stereocenters. The van der Waals surface area contributed by atoms with Gasteiger partial charge in [0.1, 0.15) is 23.1 Å². The van der Waals surface area contributed by atoms with Gasteiger partial charge in [0.05, 0.1) is 6.04 Å². The van der Waals surface area contributed by atoms with Crippen LogP contribution < -0.4 is 5.73 Å². The predicted octanol–water partition coefficient (Wildman–Crippen LogP) is 6.44. The number of anilines is 1. The van der Waals surface area contributed by atoms with Crippen molar-refractivity contribution in [3.8, 4) is 11.1 Å². The fourth-order valence-electron chi connectivity index (χ4n) is 4.97. The maximum absolute atomic E-state index is 14.2. The van der Waals surface area contributed by atoms with Gasteiger partial charge in [0.25, 0.3) is 0 Å². The lowest BCUT2D eigenvalue weighted by molar-refractivity contribution is -0.0674. The van der Waals surface area contributed by atoms with Gasteiger partial charge >= 0.3 is 6.09 Å². The highest BCUT2D eigenvalue weighted by Gasteiger charge is 2.43. The largest absolute Gasteiger partial charge is 0.438 e. The lowest BCUT2D eigenvalue weighted by atomic mass is 9.85. The van der Waals surface area contributed by atoms with Gasteiger partial charge in [-0.1, -0.05) is 36.4 Å². The van der Waals surface area contributed by atoms with E-state index in [-0.39, 0.29) is 11.9 Å². The molecule has 1 fully saturated rings. The molecule has 0 bridgehead atoms. The van der Waals surface area contributed by atoms with Crippen molar-refractivity contribution in [2.45, 2.75) is 38.0 Å². The number of aromatic nitrogens is 2. The number of ether oxygens (including phenoxy) is 1. The van der Waals surface area contributed by atoms with Crippen molar-refractivity contribution >= 4 is 12.0 Å². The summed E-state index contributed by atoms with van der Waals surface area (Å²) in [4.78, 5) is 19.0. The van der Waals surface area contributed by atoms with Crippen LogP contribution in [0.4, 0.5) is 23.9 Å². The zero-order chi connectivity index (χ0) is 26.9. The monoisotopic (exact) mass is 520 g/mol. The van der Waals surface area contributed by atoms with Crippen molar-refractivity contribution in [1.29, 1.82) is 0 Å². The van der Waals surface area contributed by atoms with Gasteiger partial charge in [-0.3, -0.25) is 0 Å². The summed E-state index contributed by atoms with van der Waals surface area (Å²) in [6.07, 6.45) is 3.80. The molecule has 1 aliphatic rings. The fraction of sp³-hybridized carbons (Fsp3) is 0.241. The van der Waals surface area contributed by atoms with Crippen molar-refractivity contribution < 1.29 is 22.7 Å². The molecule has 2 atom stereocenters. The van der Waals surface area contributed by atoms with E-state index in [2.05, 4.69) is 4.98 Å². The number of cyclic esters (lactones) is 1. The number of nitrogens with zero attached hydrogens (tertiary/aromatic N) is 3.